The zero-order valence-electron chi connectivity index (χ0n) is 13.1. The molecule has 0 saturated carbocycles. The monoisotopic (exact) mass is 316 g/mol. The normalized spacial score (nSPS) is 19.1. The molecule has 6 heteroatoms. The van der Waals surface area contributed by atoms with E-state index in [9.17, 15) is 9.18 Å². The Morgan fingerprint density at radius 3 is 2.91 bits per heavy atom. The second kappa shape index (κ2) is 6.50. The number of H-pyrrole nitrogens is 1. The van der Waals surface area contributed by atoms with Gasteiger partial charge in [0.15, 0.2) is 0 Å². The molecule has 3 N–H and O–H groups in total. The molecule has 0 spiro atoms. The molecule has 5 nitrogen and oxygen atoms in total. The summed E-state index contributed by atoms with van der Waals surface area (Å²) in [6.07, 6.45) is 3.93. The first kappa shape index (κ1) is 15.7. The van der Waals surface area contributed by atoms with Gasteiger partial charge >= 0.3 is 0 Å². The predicted octanol–water partition coefficient (Wildman–Crippen LogP) is 2.62. The van der Waals surface area contributed by atoms with Gasteiger partial charge in [0, 0.05) is 19.0 Å². The van der Waals surface area contributed by atoms with E-state index in [2.05, 4.69) is 9.97 Å². The van der Waals surface area contributed by atoms with Gasteiger partial charge in [0.05, 0.1) is 17.9 Å². The highest BCUT2D eigenvalue weighted by atomic mass is 19.1. The molecule has 1 aromatic heterocycles. The van der Waals surface area contributed by atoms with Crippen molar-refractivity contribution in [2.75, 3.05) is 6.54 Å². The number of amides is 1. The summed E-state index contributed by atoms with van der Waals surface area (Å²) >= 11 is 0. The highest BCUT2D eigenvalue weighted by Gasteiger charge is 2.32. The van der Waals surface area contributed by atoms with E-state index in [4.69, 9.17) is 5.73 Å². The van der Waals surface area contributed by atoms with Gasteiger partial charge in [-0.3, -0.25) is 4.79 Å². The van der Waals surface area contributed by atoms with Crippen LogP contribution < -0.4 is 5.73 Å². The summed E-state index contributed by atoms with van der Waals surface area (Å²) in [7, 11) is 0. The number of rotatable bonds is 4. The number of likely N-dealkylation sites (tertiary alicyclic amines) is 1. The van der Waals surface area contributed by atoms with E-state index in [1.165, 1.54) is 12.1 Å². The molecule has 2 unspecified atom stereocenters. The van der Waals surface area contributed by atoms with E-state index in [-0.39, 0.29) is 23.8 Å². The number of carbonyl (C=O) groups is 1. The van der Waals surface area contributed by atoms with Crippen LogP contribution in [0.5, 0.6) is 0 Å². The van der Waals surface area contributed by atoms with Crippen LogP contribution in [-0.4, -0.2) is 33.4 Å². The van der Waals surface area contributed by atoms with Crippen molar-refractivity contribution in [1.29, 1.82) is 0 Å². The van der Waals surface area contributed by atoms with E-state index < -0.39 is 0 Å². The minimum Gasteiger partial charge on any atom is -0.340 e. The highest BCUT2D eigenvalue weighted by Crippen LogP contribution is 2.32. The van der Waals surface area contributed by atoms with Gasteiger partial charge in [-0.15, -0.1) is 0 Å². The lowest BCUT2D eigenvalue weighted by Gasteiger charge is -2.24. The third kappa shape index (κ3) is 3.42. The van der Waals surface area contributed by atoms with Crippen LogP contribution in [0.4, 0.5) is 4.39 Å². The smallest absolute Gasteiger partial charge is 0.224 e. The Hall–Kier alpha value is -2.21. The number of nitrogens with two attached hydrogens (primary N) is 1. The number of imidazole rings is 1. The van der Waals surface area contributed by atoms with Crippen molar-refractivity contribution in [3.63, 3.8) is 0 Å². The van der Waals surface area contributed by atoms with Crippen LogP contribution in [-0.2, 0) is 4.79 Å². The average molecular weight is 316 g/mol. The Kier molecular flexibility index (Phi) is 4.43. The maximum Gasteiger partial charge on any atom is 0.224 e. The molecule has 2 aromatic rings. The molecule has 3 rings (SSSR count). The zero-order valence-corrected chi connectivity index (χ0v) is 13.1. The SMILES string of the molecule is CC(N)CC(=O)N1CCCC1c1ncc(-c2ccc(F)cc2)[nH]1. The van der Waals surface area contributed by atoms with Crippen LogP contribution in [0, 0.1) is 5.82 Å². The number of aromatic nitrogens is 2. The topological polar surface area (TPSA) is 75.0 Å². The lowest BCUT2D eigenvalue weighted by molar-refractivity contribution is -0.132. The Labute approximate surface area is 134 Å². The molecule has 1 aliphatic heterocycles. The van der Waals surface area contributed by atoms with E-state index in [1.54, 1.807) is 18.3 Å². The fraction of sp³-hybridized carbons (Fsp3) is 0.412. The molecular formula is C17H21FN4O. The summed E-state index contributed by atoms with van der Waals surface area (Å²) in [4.78, 5) is 21.9. The minimum absolute atomic E-state index is 0.0320. The van der Waals surface area contributed by atoms with Gasteiger partial charge in [0.2, 0.25) is 5.91 Å². The summed E-state index contributed by atoms with van der Waals surface area (Å²) in [6.45, 7) is 2.57. The Morgan fingerprint density at radius 1 is 1.48 bits per heavy atom. The van der Waals surface area contributed by atoms with Gasteiger partial charge in [-0.1, -0.05) is 0 Å². The van der Waals surface area contributed by atoms with Crippen molar-refractivity contribution >= 4 is 5.91 Å². The summed E-state index contributed by atoms with van der Waals surface area (Å²) in [6, 6.07) is 6.08. The van der Waals surface area contributed by atoms with E-state index >= 15 is 0 Å². The third-order valence-electron chi connectivity index (χ3n) is 4.14. The van der Waals surface area contributed by atoms with Gasteiger partial charge in [-0.25, -0.2) is 9.37 Å². The Balaban J connectivity index is 1.79. The number of benzene rings is 1. The fourth-order valence-electron chi connectivity index (χ4n) is 3.02. The van der Waals surface area contributed by atoms with Crippen LogP contribution in [0.3, 0.4) is 0 Å². The second-order valence-electron chi connectivity index (χ2n) is 6.12. The quantitative estimate of drug-likeness (QED) is 0.910. The first-order chi connectivity index (χ1) is 11.0. The molecule has 0 radical (unpaired) electrons. The molecule has 2 atom stereocenters. The lowest BCUT2D eigenvalue weighted by atomic mass is 10.1. The van der Waals surface area contributed by atoms with Gasteiger partial charge in [-0.2, -0.15) is 0 Å². The molecule has 122 valence electrons. The molecule has 0 bridgehead atoms. The number of nitrogens with zero attached hydrogens (tertiary/aromatic N) is 2. The van der Waals surface area contributed by atoms with Crippen molar-refractivity contribution in [2.45, 2.75) is 38.3 Å². The lowest BCUT2D eigenvalue weighted by Crippen LogP contribution is -2.34. The van der Waals surface area contributed by atoms with Crippen LogP contribution >= 0.6 is 0 Å². The average Bonchev–Trinajstić information content (AvgIpc) is 3.16. The predicted molar refractivity (Wildman–Crippen MR) is 85.9 cm³/mol. The van der Waals surface area contributed by atoms with Crippen molar-refractivity contribution in [3.05, 3.63) is 42.1 Å². The standard InChI is InChI=1S/C17H21FN4O/c1-11(19)9-16(23)22-8-2-3-15(22)17-20-10-14(21-17)12-4-6-13(18)7-5-12/h4-7,10-11,15H,2-3,8-9,19H2,1H3,(H,20,21). The molecule has 0 aliphatic carbocycles. The number of hydrogen-bond acceptors (Lipinski definition) is 3. The third-order valence-corrected chi connectivity index (χ3v) is 4.14. The highest BCUT2D eigenvalue weighted by molar-refractivity contribution is 5.77. The summed E-state index contributed by atoms with van der Waals surface area (Å²) in [5, 5.41) is 0. The van der Waals surface area contributed by atoms with Gasteiger partial charge < -0.3 is 15.6 Å². The summed E-state index contributed by atoms with van der Waals surface area (Å²) < 4.78 is 13.0. The number of hydrogen-bond donors (Lipinski definition) is 2. The van der Waals surface area contributed by atoms with Crippen LogP contribution in [0.1, 0.15) is 38.1 Å². The molecule has 1 amide bonds. The summed E-state index contributed by atoms with van der Waals surface area (Å²) in [5.41, 5.74) is 7.43. The van der Waals surface area contributed by atoms with Crippen LogP contribution in [0.15, 0.2) is 30.5 Å². The molecular weight excluding hydrogens is 295 g/mol. The Bertz CT molecular complexity index is 680. The van der Waals surface area contributed by atoms with Gasteiger partial charge in [0.1, 0.15) is 11.6 Å². The van der Waals surface area contributed by atoms with Gasteiger partial charge in [0.25, 0.3) is 0 Å². The molecule has 1 fully saturated rings. The zero-order chi connectivity index (χ0) is 16.4. The second-order valence-corrected chi connectivity index (χ2v) is 6.12. The van der Waals surface area contributed by atoms with Crippen molar-refractivity contribution in [2.24, 2.45) is 5.73 Å². The first-order valence-corrected chi connectivity index (χ1v) is 7.90. The van der Waals surface area contributed by atoms with Crippen LogP contribution in [0.2, 0.25) is 0 Å². The fourth-order valence-corrected chi connectivity index (χ4v) is 3.02. The largest absolute Gasteiger partial charge is 0.340 e. The van der Waals surface area contributed by atoms with Crippen molar-refractivity contribution < 1.29 is 9.18 Å². The maximum absolute atomic E-state index is 13.0. The van der Waals surface area contributed by atoms with Crippen molar-refractivity contribution in [3.8, 4) is 11.3 Å². The molecule has 23 heavy (non-hydrogen) atoms. The summed E-state index contributed by atoms with van der Waals surface area (Å²) in [5.74, 6) is 0.582. The van der Waals surface area contributed by atoms with E-state index in [0.29, 0.717) is 6.42 Å². The maximum atomic E-state index is 13.0. The number of halogens is 1. The van der Waals surface area contributed by atoms with E-state index in [0.717, 1.165) is 36.5 Å². The number of nitrogens with one attached hydrogen (secondary N) is 1. The van der Waals surface area contributed by atoms with Crippen molar-refractivity contribution in [1.82, 2.24) is 14.9 Å². The van der Waals surface area contributed by atoms with Crippen LogP contribution in [0.25, 0.3) is 11.3 Å². The Morgan fingerprint density at radius 2 is 2.22 bits per heavy atom. The molecule has 2 heterocycles. The minimum atomic E-state index is -0.267. The first-order valence-electron chi connectivity index (χ1n) is 7.90. The number of carbonyl (C=O) groups excluding carboxylic acids is 1. The molecule has 1 aliphatic rings. The molecule has 1 saturated heterocycles. The molecule has 1 aromatic carbocycles. The van der Waals surface area contributed by atoms with Gasteiger partial charge in [-0.05, 0) is 49.6 Å². The number of aromatic amines is 1. The van der Waals surface area contributed by atoms with E-state index in [1.807, 2.05) is 11.8 Å².